The van der Waals surface area contributed by atoms with Crippen LogP contribution in [-0.2, 0) is 4.74 Å². The predicted octanol–water partition coefficient (Wildman–Crippen LogP) is 2.13. The highest BCUT2D eigenvalue weighted by Crippen LogP contribution is 2.26. The minimum absolute atomic E-state index is 0.0192. The second-order valence-electron chi connectivity index (χ2n) is 2.96. The van der Waals surface area contributed by atoms with Gasteiger partial charge in [-0.15, -0.1) is 0 Å². The van der Waals surface area contributed by atoms with Gasteiger partial charge in [-0.3, -0.25) is 10.1 Å². The van der Waals surface area contributed by atoms with E-state index in [2.05, 4.69) is 20.9 Å². The quantitative estimate of drug-likeness (QED) is 0.611. The van der Waals surface area contributed by atoms with Crippen molar-refractivity contribution >= 4 is 27.5 Å². The molecule has 1 aliphatic rings. The first-order chi connectivity index (χ1) is 7.18. The number of nitro groups is 1. The number of rotatable bonds is 2. The molecule has 0 atom stereocenters. The van der Waals surface area contributed by atoms with Crippen LogP contribution in [0.2, 0.25) is 0 Å². The van der Waals surface area contributed by atoms with Crippen LogP contribution in [0, 0.1) is 10.1 Å². The second kappa shape index (κ2) is 3.98. The van der Waals surface area contributed by atoms with E-state index in [1.165, 1.54) is 6.07 Å². The molecule has 1 aromatic carbocycles. The zero-order valence-electron chi connectivity index (χ0n) is 7.64. The molecule has 0 N–H and O–H groups in total. The minimum atomic E-state index is -0.441. The van der Waals surface area contributed by atoms with E-state index in [0.717, 1.165) is 0 Å². The Morgan fingerprint density at radius 3 is 2.93 bits per heavy atom. The van der Waals surface area contributed by atoms with Gasteiger partial charge in [-0.1, -0.05) is 0 Å². The van der Waals surface area contributed by atoms with Gasteiger partial charge in [0.2, 0.25) is 5.90 Å². The number of ether oxygens (including phenoxy) is 1. The van der Waals surface area contributed by atoms with Crippen molar-refractivity contribution in [2.45, 2.75) is 0 Å². The van der Waals surface area contributed by atoms with Crippen LogP contribution in [0.25, 0.3) is 0 Å². The smallest absolute Gasteiger partial charge is 0.284 e. The van der Waals surface area contributed by atoms with E-state index >= 15 is 0 Å². The fraction of sp³-hybridized carbons (Fsp3) is 0.222. The average Bonchev–Trinajstić information content (AvgIpc) is 2.71. The topological polar surface area (TPSA) is 64.7 Å². The summed E-state index contributed by atoms with van der Waals surface area (Å²) in [5.74, 6) is 0.477. The van der Waals surface area contributed by atoms with Crippen molar-refractivity contribution in [3.63, 3.8) is 0 Å². The Hall–Kier alpha value is -1.43. The molecule has 0 bridgehead atoms. The number of nitrogens with zero attached hydrogens (tertiary/aromatic N) is 2. The normalized spacial score (nSPS) is 14.6. The Kier molecular flexibility index (Phi) is 2.68. The first kappa shape index (κ1) is 10.1. The molecule has 15 heavy (non-hydrogen) atoms. The lowest BCUT2D eigenvalue weighted by Gasteiger charge is -2.02. The molecule has 0 unspecified atom stereocenters. The minimum Gasteiger partial charge on any atom is -0.476 e. The third-order valence-electron chi connectivity index (χ3n) is 1.98. The van der Waals surface area contributed by atoms with Crippen molar-refractivity contribution in [1.82, 2.24) is 0 Å². The van der Waals surface area contributed by atoms with E-state index in [4.69, 9.17) is 4.74 Å². The van der Waals surface area contributed by atoms with Crippen molar-refractivity contribution in [3.05, 3.63) is 38.3 Å². The highest BCUT2D eigenvalue weighted by molar-refractivity contribution is 9.10. The maximum Gasteiger partial charge on any atom is 0.284 e. The van der Waals surface area contributed by atoms with Crippen LogP contribution in [-0.4, -0.2) is 24.0 Å². The Bertz CT molecular complexity index is 445. The zero-order chi connectivity index (χ0) is 10.8. The average molecular weight is 271 g/mol. The van der Waals surface area contributed by atoms with Crippen LogP contribution in [0.3, 0.4) is 0 Å². The first-order valence-corrected chi connectivity index (χ1v) is 5.09. The number of benzene rings is 1. The van der Waals surface area contributed by atoms with Crippen molar-refractivity contribution in [2.75, 3.05) is 13.2 Å². The first-order valence-electron chi connectivity index (χ1n) is 4.30. The molecule has 0 radical (unpaired) electrons. The molecule has 0 amide bonds. The highest BCUT2D eigenvalue weighted by Gasteiger charge is 2.17. The van der Waals surface area contributed by atoms with Crippen LogP contribution in [0.1, 0.15) is 5.56 Å². The van der Waals surface area contributed by atoms with Gasteiger partial charge in [0.15, 0.2) is 0 Å². The summed E-state index contributed by atoms with van der Waals surface area (Å²) in [6, 6.07) is 4.81. The molecule has 1 heterocycles. The standard InChI is InChI=1S/C9H7BrN2O3/c10-7-2-1-6(5-8(7)12(13)14)9-11-3-4-15-9/h1-2,5H,3-4H2. The van der Waals surface area contributed by atoms with E-state index in [9.17, 15) is 10.1 Å². The SMILES string of the molecule is O=[N+]([O-])c1cc(C2=NCCO2)ccc1Br. The van der Waals surface area contributed by atoms with Crippen LogP contribution in [0.5, 0.6) is 0 Å². The summed E-state index contributed by atoms with van der Waals surface area (Å²) in [4.78, 5) is 14.3. The van der Waals surface area contributed by atoms with Gasteiger partial charge in [0.1, 0.15) is 6.61 Å². The van der Waals surface area contributed by atoms with E-state index in [1.54, 1.807) is 12.1 Å². The molecule has 0 saturated heterocycles. The fourth-order valence-corrected chi connectivity index (χ4v) is 1.69. The third kappa shape index (κ3) is 1.99. The van der Waals surface area contributed by atoms with Gasteiger partial charge >= 0.3 is 0 Å². The third-order valence-corrected chi connectivity index (χ3v) is 2.65. The van der Waals surface area contributed by atoms with Crippen molar-refractivity contribution in [2.24, 2.45) is 4.99 Å². The summed E-state index contributed by atoms with van der Waals surface area (Å²) in [5.41, 5.74) is 0.660. The summed E-state index contributed by atoms with van der Waals surface area (Å²) in [7, 11) is 0. The summed E-state index contributed by atoms with van der Waals surface area (Å²) in [6.07, 6.45) is 0. The molecule has 0 saturated carbocycles. The van der Waals surface area contributed by atoms with Gasteiger partial charge in [0, 0.05) is 11.6 Å². The lowest BCUT2D eigenvalue weighted by atomic mass is 10.2. The van der Waals surface area contributed by atoms with E-state index < -0.39 is 4.92 Å². The maximum atomic E-state index is 10.7. The Morgan fingerprint density at radius 1 is 1.53 bits per heavy atom. The fourth-order valence-electron chi connectivity index (χ4n) is 1.30. The summed E-state index contributed by atoms with van der Waals surface area (Å²) >= 11 is 3.12. The molecule has 0 aliphatic carbocycles. The number of nitro benzene ring substituents is 1. The number of aliphatic imine (C=N–C) groups is 1. The van der Waals surface area contributed by atoms with Crippen LogP contribution < -0.4 is 0 Å². The zero-order valence-corrected chi connectivity index (χ0v) is 9.23. The summed E-state index contributed by atoms with van der Waals surface area (Å²) in [5, 5.41) is 10.7. The summed E-state index contributed by atoms with van der Waals surface area (Å²) < 4.78 is 5.68. The van der Waals surface area contributed by atoms with Gasteiger partial charge in [-0.05, 0) is 28.1 Å². The molecule has 6 heteroatoms. The highest BCUT2D eigenvalue weighted by atomic mass is 79.9. The molecule has 0 aromatic heterocycles. The molecule has 0 spiro atoms. The monoisotopic (exact) mass is 270 g/mol. The lowest BCUT2D eigenvalue weighted by molar-refractivity contribution is -0.385. The Balaban J connectivity index is 2.42. The largest absolute Gasteiger partial charge is 0.476 e. The molecule has 5 nitrogen and oxygen atoms in total. The molecule has 2 rings (SSSR count). The van der Waals surface area contributed by atoms with Crippen LogP contribution in [0.15, 0.2) is 27.7 Å². The number of halogens is 1. The molecular weight excluding hydrogens is 264 g/mol. The van der Waals surface area contributed by atoms with E-state index in [-0.39, 0.29) is 5.69 Å². The lowest BCUT2D eigenvalue weighted by Crippen LogP contribution is -2.02. The second-order valence-corrected chi connectivity index (χ2v) is 3.81. The van der Waals surface area contributed by atoms with E-state index in [1.807, 2.05) is 0 Å². The maximum absolute atomic E-state index is 10.7. The van der Waals surface area contributed by atoms with Gasteiger partial charge in [0.25, 0.3) is 5.69 Å². The van der Waals surface area contributed by atoms with Gasteiger partial charge in [0.05, 0.1) is 15.9 Å². The molecule has 1 aliphatic heterocycles. The molecule has 1 aromatic rings. The predicted molar refractivity (Wildman–Crippen MR) is 58.2 cm³/mol. The Labute approximate surface area is 94.0 Å². The molecule has 78 valence electrons. The van der Waals surface area contributed by atoms with Crippen molar-refractivity contribution in [1.29, 1.82) is 0 Å². The van der Waals surface area contributed by atoms with Gasteiger partial charge in [-0.25, -0.2) is 4.99 Å². The van der Waals surface area contributed by atoms with Gasteiger partial charge in [-0.2, -0.15) is 0 Å². The molecular formula is C9H7BrN2O3. The molecule has 0 fully saturated rings. The summed E-state index contributed by atoms with van der Waals surface area (Å²) in [6.45, 7) is 1.15. The van der Waals surface area contributed by atoms with Crippen LogP contribution in [0.4, 0.5) is 5.69 Å². The van der Waals surface area contributed by atoms with Crippen molar-refractivity contribution in [3.8, 4) is 0 Å². The van der Waals surface area contributed by atoms with Crippen molar-refractivity contribution < 1.29 is 9.66 Å². The number of hydrogen-bond acceptors (Lipinski definition) is 4. The van der Waals surface area contributed by atoms with Gasteiger partial charge < -0.3 is 4.74 Å². The number of hydrogen-bond donors (Lipinski definition) is 0. The van der Waals surface area contributed by atoms with E-state index in [0.29, 0.717) is 29.1 Å². The van der Waals surface area contributed by atoms with Crippen LogP contribution >= 0.6 is 15.9 Å². The Morgan fingerprint density at radius 2 is 2.33 bits per heavy atom.